The summed E-state index contributed by atoms with van der Waals surface area (Å²) in [6.45, 7) is 6.96. The number of ether oxygens (including phenoxy) is 4. The number of hydroxylamine groups is 2. The number of nitrogens with zero attached hydrogens (tertiary/aromatic N) is 3. The van der Waals surface area contributed by atoms with E-state index < -0.39 is 96.7 Å². The van der Waals surface area contributed by atoms with Crippen molar-refractivity contribution in [1.82, 2.24) is 25.5 Å². The van der Waals surface area contributed by atoms with Crippen LogP contribution in [-0.2, 0) is 54.4 Å². The number of alkyl carbamates (subject to hydrolysis) is 1. The monoisotopic (exact) mass is 823 g/mol. The minimum absolute atomic E-state index is 0.121. The molecular weight excluding hydrogens is 770 g/mol. The van der Waals surface area contributed by atoms with Gasteiger partial charge in [-0.1, -0.05) is 60.7 Å². The molecule has 0 aliphatic carbocycles. The molecule has 4 amide bonds. The number of likely N-dealkylation sites (N-methyl/N-ethyl adjacent to an activating group) is 1. The van der Waals surface area contributed by atoms with Crippen LogP contribution in [-0.4, -0.2) is 132 Å². The summed E-state index contributed by atoms with van der Waals surface area (Å²) in [7, 11) is 1.43. The normalized spacial score (nSPS) is 18.0. The van der Waals surface area contributed by atoms with Crippen molar-refractivity contribution in [3.63, 3.8) is 0 Å². The van der Waals surface area contributed by atoms with Crippen LogP contribution in [0.25, 0.3) is 0 Å². The lowest BCUT2D eigenvalue weighted by atomic mass is 10.1. The van der Waals surface area contributed by atoms with E-state index in [0.29, 0.717) is 36.9 Å². The number of hydrogen-bond acceptors (Lipinski definition) is 14. The predicted octanol–water partition coefficient (Wildman–Crippen LogP) is 2.92. The summed E-state index contributed by atoms with van der Waals surface area (Å²) < 4.78 is 21.0. The third kappa shape index (κ3) is 13.5. The molecule has 59 heavy (non-hydrogen) atoms. The van der Waals surface area contributed by atoms with Crippen LogP contribution in [0.3, 0.4) is 0 Å². The molecule has 2 aliphatic heterocycles. The second kappa shape index (κ2) is 21.1. The van der Waals surface area contributed by atoms with Gasteiger partial charge in [0, 0.05) is 25.7 Å². The van der Waals surface area contributed by atoms with Crippen molar-refractivity contribution in [3.05, 3.63) is 71.8 Å². The maximum Gasteiger partial charge on any atom is 0.528 e. The van der Waals surface area contributed by atoms with Crippen LogP contribution >= 0.6 is 0 Å². The number of benzene rings is 2. The molecule has 18 heteroatoms. The number of Topliss-reactive ketones (excluding diaryl/α,β-unsaturated/α-hetero) is 1. The van der Waals surface area contributed by atoms with Crippen molar-refractivity contribution in [2.45, 2.75) is 103 Å². The van der Waals surface area contributed by atoms with E-state index >= 15 is 0 Å². The summed E-state index contributed by atoms with van der Waals surface area (Å²) in [5.74, 6) is -4.15. The van der Waals surface area contributed by atoms with Crippen LogP contribution < -0.4 is 10.6 Å². The lowest BCUT2D eigenvalue weighted by molar-refractivity contribution is -0.170. The van der Waals surface area contributed by atoms with Crippen molar-refractivity contribution in [3.8, 4) is 0 Å². The quantitative estimate of drug-likeness (QED) is 0.142. The first-order chi connectivity index (χ1) is 27.9. The van der Waals surface area contributed by atoms with Crippen LogP contribution in [0, 0.1) is 0 Å². The fraction of sp³-hybridized carbons (Fsp3) is 0.512. The first-order valence-electron chi connectivity index (χ1n) is 19.4. The number of hydrogen-bond donors (Lipinski definition) is 2. The zero-order valence-corrected chi connectivity index (χ0v) is 34.2. The first-order valence-corrected chi connectivity index (χ1v) is 19.4. The van der Waals surface area contributed by atoms with Gasteiger partial charge in [0.1, 0.15) is 43.0 Å². The second-order valence-corrected chi connectivity index (χ2v) is 15.2. The third-order valence-electron chi connectivity index (χ3n) is 9.54. The Labute approximate surface area is 342 Å². The van der Waals surface area contributed by atoms with E-state index in [1.807, 2.05) is 0 Å². The fourth-order valence-electron chi connectivity index (χ4n) is 6.26. The molecule has 2 aromatic carbocycles. The van der Waals surface area contributed by atoms with Gasteiger partial charge in [-0.25, -0.2) is 19.2 Å². The lowest BCUT2D eigenvalue weighted by Crippen LogP contribution is -2.56. The van der Waals surface area contributed by atoms with Crippen LogP contribution in [0.4, 0.5) is 9.59 Å². The molecule has 2 saturated heterocycles. The van der Waals surface area contributed by atoms with E-state index in [-0.39, 0.29) is 19.6 Å². The van der Waals surface area contributed by atoms with Gasteiger partial charge in [-0.05, 0) is 65.9 Å². The van der Waals surface area contributed by atoms with Crippen molar-refractivity contribution in [1.29, 1.82) is 0 Å². The molecule has 2 aliphatic rings. The molecule has 5 atom stereocenters. The number of esters is 2. The minimum Gasteiger partial charge on any atom is -0.461 e. The van der Waals surface area contributed by atoms with Crippen molar-refractivity contribution >= 4 is 47.7 Å². The number of amides is 4. The van der Waals surface area contributed by atoms with E-state index in [2.05, 4.69) is 10.6 Å². The molecule has 320 valence electrons. The smallest absolute Gasteiger partial charge is 0.461 e. The molecular formula is C41H53N5O13. The highest BCUT2D eigenvalue weighted by atomic mass is 16.8. The fourth-order valence-corrected chi connectivity index (χ4v) is 6.26. The molecule has 4 rings (SSSR count). The Morgan fingerprint density at radius 3 is 2.10 bits per heavy atom. The molecule has 2 heterocycles. The lowest BCUT2D eigenvalue weighted by Gasteiger charge is -2.31. The number of carbonyl (C=O) groups excluding carboxylic acids is 8. The molecule has 2 N–H and O–H groups in total. The molecule has 0 bridgehead atoms. The maximum atomic E-state index is 13.6. The van der Waals surface area contributed by atoms with Crippen LogP contribution in [0.15, 0.2) is 60.7 Å². The third-order valence-corrected chi connectivity index (χ3v) is 9.54. The first kappa shape index (κ1) is 45.7. The number of carbonyl (C=O) groups is 8. The van der Waals surface area contributed by atoms with Gasteiger partial charge in [-0.2, -0.15) is 0 Å². The zero-order chi connectivity index (χ0) is 43.3. The average molecular weight is 824 g/mol. The molecule has 2 aromatic rings. The van der Waals surface area contributed by atoms with Gasteiger partial charge in [0.05, 0.1) is 0 Å². The molecule has 0 unspecified atom stereocenters. The van der Waals surface area contributed by atoms with Crippen molar-refractivity contribution < 1.29 is 62.1 Å². The summed E-state index contributed by atoms with van der Waals surface area (Å²) in [4.78, 5) is 112. The number of ketones is 1. The van der Waals surface area contributed by atoms with E-state index in [9.17, 15) is 38.4 Å². The van der Waals surface area contributed by atoms with Crippen LogP contribution in [0.5, 0.6) is 0 Å². The standard InChI is InChI=1S/C41H53N5O13/c1-26(42-34(48)27(2)44(6)36(50)31-19-14-22-46(31)59-40(54)58-41(3,4)5)35(49)45-21-13-20-32(45)38(52)55-24-30(43-39(53)57-23-28-15-9-7-10-16-28)37(51)56-25-33(47)29-17-11-8-12-18-29/h7-12,15-18,26-27,30-32H,13-14,19-25H2,1-6H3,(H,42,48)(H,43,53)/t26-,27-,30-,31-,32-/m0/s1. The maximum absolute atomic E-state index is 13.6. The van der Waals surface area contributed by atoms with Gasteiger partial charge in [0.25, 0.3) is 0 Å². The van der Waals surface area contributed by atoms with Gasteiger partial charge >= 0.3 is 24.2 Å². The minimum atomic E-state index is -1.57. The number of likely N-dealkylation sites (tertiary alicyclic amines) is 1. The molecule has 0 spiro atoms. The van der Waals surface area contributed by atoms with Gasteiger partial charge in [0.15, 0.2) is 18.4 Å². The van der Waals surface area contributed by atoms with Gasteiger partial charge in [-0.15, -0.1) is 5.06 Å². The van der Waals surface area contributed by atoms with Gasteiger partial charge in [0.2, 0.25) is 17.7 Å². The summed E-state index contributed by atoms with van der Waals surface area (Å²) >= 11 is 0. The summed E-state index contributed by atoms with van der Waals surface area (Å²) in [6, 6.07) is 11.2. The Morgan fingerprint density at radius 2 is 1.44 bits per heavy atom. The number of rotatable bonds is 16. The van der Waals surface area contributed by atoms with Gasteiger partial charge in [-0.3, -0.25) is 19.2 Å². The highest BCUT2D eigenvalue weighted by Crippen LogP contribution is 2.23. The highest BCUT2D eigenvalue weighted by Gasteiger charge is 2.41. The number of nitrogens with one attached hydrogen (secondary N) is 2. The van der Waals surface area contributed by atoms with E-state index in [1.165, 1.54) is 35.8 Å². The Bertz CT molecular complexity index is 1820. The Kier molecular flexibility index (Phi) is 16.3. The predicted molar refractivity (Wildman–Crippen MR) is 208 cm³/mol. The summed E-state index contributed by atoms with van der Waals surface area (Å²) in [6.07, 6.45) is -0.370. The largest absolute Gasteiger partial charge is 0.528 e. The van der Waals surface area contributed by atoms with Crippen LogP contribution in [0.2, 0.25) is 0 Å². The molecule has 18 nitrogen and oxygen atoms in total. The molecule has 0 radical (unpaired) electrons. The van der Waals surface area contributed by atoms with Gasteiger partial charge < -0.3 is 44.2 Å². The van der Waals surface area contributed by atoms with Crippen LogP contribution in [0.1, 0.15) is 76.2 Å². The van der Waals surface area contributed by atoms with Crippen molar-refractivity contribution in [2.24, 2.45) is 0 Å². The Hall–Kier alpha value is -6.04. The zero-order valence-electron chi connectivity index (χ0n) is 34.2. The summed E-state index contributed by atoms with van der Waals surface area (Å²) in [5, 5.41) is 6.17. The average Bonchev–Trinajstić information content (AvgIpc) is 3.89. The molecule has 0 saturated carbocycles. The molecule has 0 aromatic heterocycles. The Balaban J connectivity index is 1.32. The van der Waals surface area contributed by atoms with E-state index in [4.69, 9.17) is 23.8 Å². The Morgan fingerprint density at radius 1 is 0.814 bits per heavy atom. The van der Waals surface area contributed by atoms with Crippen molar-refractivity contribution in [2.75, 3.05) is 33.4 Å². The summed E-state index contributed by atoms with van der Waals surface area (Å²) in [5.41, 5.74) is 0.176. The molecule has 2 fully saturated rings. The highest BCUT2D eigenvalue weighted by molar-refractivity contribution is 5.98. The van der Waals surface area contributed by atoms with E-state index in [1.54, 1.807) is 81.4 Å². The van der Waals surface area contributed by atoms with E-state index in [0.717, 1.165) is 0 Å². The topological polar surface area (TPSA) is 216 Å². The SMILES string of the molecule is C[C@H](NC(=O)[C@H](C)N(C)C(=O)[C@@H]1CCCN1OC(=O)OC(C)(C)C)C(=O)N1CCC[C@H]1C(=O)OC[C@H](NC(=O)OCc1ccccc1)C(=O)OCC(=O)c1ccccc1. The second-order valence-electron chi connectivity index (χ2n) is 15.2.